The normalized spacial score (nSPS) is 13.6. The summed E-state index contributed by atoms with van der Waals surface area (Å²) in [6, 6.07) is 3.87. The number of benzene rings is 1. The van der Waals surface area contributed by atoms with Gasteiger partial charge in [-0.1, -0.05) is 13.0 Å². The predicted octanol–water partition coefficient (Wildman–Crippen LogP) is 2.80. The van der Waals surface area contributed by atoms with Gasteiger partial charge in [0, 0.05) is 31.6 Å². The van der Waals surface area contributed by atoms with Gasteiger partial charge in [0.2, 0.25) is 0 Å². The topological polar surface area (TPSA) is 87.4 Å². The average molecular weight is 498 g/mol. The highest BCUT2D eigenvalue weighted by atomic mass is 127. The summed E-state index contributed by atoms with van der Waals surface area (Å²) in [5, 5.41) is 25.1. The minimum atomic E-state index is 0. The smallest absolute Gasteiger partial charge is 0.191 e. The Kier molecular flexibility index (Phi) is 9.01. The zero-order valence-corrected chi connectivity index (χ0v) is 19.1. The molecule has 1 aliphatic carbocycles. The zero-order valence-electron chi connectivity index (χ0n) is 16.7. The van der Waals surface area contributed by atoms with E-state index in [-0.39, 0.29) is 24.0 Å². The fourth-order valence-corrected chi connectivity index (χ4v) is 3.60. The minimum absolute atomic E-state index is 0. The Morgan fingerprint density at radius 1 is 1.21 bits per heavy atom. The van der Waals surface area contributed by atoms with Crippen molar-refractivity contribution in [3.8, 4) is 5.75 Å². The van der Waals surface area contributed by atoms with Gasteiger partial charge in [-0.25, -0.2) is 4.99 Å². The van der Waals surface area contributed by atoms with Crippen molar-refractivity contribution >= 4 is 29.9 Å². The quantitative estimate of drug-likeness (QED) is 0.311. The fourth-order valence-electron chi connectivity index (χ4n) is 3.60. The van der Waals surface area contributed by atoms with Crippen molar-refractivity contribution in [1.82, 2.24) is 25.4 Å². The molecule has 3 N–H and O–H groups in total. The molecule has 0 amide bonds. The van der Waals surface area contributed by atoms with E-state index in [9.17, 15) is 5.11 Å². The van der Waals surface area contributed by atoms with Crippen molar-refractivity contribution in [3.63, 3.8) is 0 Å². The first-order valence-corrected chi connectivity index (χ1v) is 9.94. The van der Waals surface area contributed by atoms with Crippen molar-refractivity contribution in [2.45, 2.75) is 59.0 Å². The Labute approximate surface area is 184 Å². The predicted molar refractivity (Wildman–Crippen MR) is 122 cm³/mol. The average Bonchev–Trinajstić information content (AvgIpc) is 3.14. The summed E-state index contributed by atoms with van der Waals surface area (Å²) in [4.78, 5) is 4.71. The Morgan fingerprint density at radius 2 is 2.04 bits per heavy atom. The van der Waals surface area contributed by atoms with Crippen LogP contribution in [-0.4, -0.2) is 38.9 Å². The van der Waals surface area contributed by atoms with Gasteiger partial charge in [-0.05, 0) is 49.8 Å². The van der Waals surface area contributed by atoms with Crippen LogP contribution >= 0.6 is 24.0 Å². The van der Waals surface area contributed by atoms with E-state index in [1.807, 2.05) is 13.0 Å². The maximum atomic E-state index is 10.3. The molecule has 0 unspecified atom stereocenters. The molecule has 0 saturated heterocycles. The number of fused-ring (bicyclic) bond motifs is 1. The molecule has 0 radical (unpaired) electrons. The first-order chi connectivity index (χ1) is 13.2. The number of phenolic OH excluding ortho intramolecular Hbond substituents is 1. The standard InChI is InChI=1S/C20H30N6O.HI/c1-3-19-25-24-14-26(19)12-11-22-20(21-4-2)23-13-17-16-8-6-5-7-15(16)9-10-18(17)27;/h9-10,14,27H,3-8,11-13H2,1-2H3,(H2,21,22,23);1H. The summed E-state index contributed by atoms with van der Waals surface area (Å²) in [6.45, 7) is 6.91. The number of guanidine groups is 1. The van der Waals surface area contributed by atoms with Gasteiger partial charge in [-0.2, -0.15) is 0 Å². The van der Waals surface area contributed by atoms with Gasteiger partial charge in [0.05, 0.1) is 6.54 Å². The lowest BCUT2D eigenvalue weighted by Gasteiger charge is -2.20. The van der Waals surface area contributed by atoms with E-state index in [4.69, 9.17) is 4.99 Å². The van der Waals surface area contributed by atoms with Crippen LogP contribution in [0.1, 0.15) is 49.2 Å². The van der Waals surface area contributed by atoms with Crippen LogP contribution in [0.25, 0.3) is 0 Å². The van der Waals surface area contributed by atoms with Crippen molar-refractivity contribution < 1.29 is 5.11 Å². The van der Waals surface area contributed by atoms with Crippen LogP contribution < -0.4 is 10.6 Å². The number of rotatable bonds is 7. The van der Waals surface area contributed by atoms with Crippen LogP contribution in [0.15, 0.2) is 23.5 Å². The molecule has 1 aromatic carbocycles. The molecule has 28 heavy (non-hydrogen) atoms. The first-order valence-electron chi connectivity index (χ1n) is 9.94. The van der Waals surface area contributed by atoms with Gasteiger partial charge in [-0.3, -0.25) is 0 Å². The summed E-state index contributed by atoms with van der Waals surface area (Å²) < 4.78 is 2.05. The number of hydrogen-bond acceptors (Lipinski definition) is 4. The molecule has 1 heterocycles. The third-order valence-electron chi connectivity index (χ3n) is 5.02. The number of aliphatic imine (C=N–C) groups is 1. The molecule has 3 rings (SSSR count). The van der Waals surface area contributed by atoms with Gasteiger partial charge in [0.1, 0.15) is 17.9 Å². The first kappa shape index (κ1) is 22.4. The maximum Gasteiger partial charge on any atom is 0.191 e. The number of hydrogen-bond donors (Lipinski definition) is 3. The summed E-state index contributed by atoms with van der Waals surface area (Å²) in [5.74, 6) is 2.10. The van der Waals surface area contributed by atoms with Crippen molar-refractivity contribution in [2.75, 3.05) is 13.1 Å². The Morgan fingerprint density at radius 3 is 2.82 bits per heavy atom. The molecule has 154 valence electrons. The molecule has 7 nitrogen and oxygen atoms in total. The number of aromatic nitrogens is 3. The zero-order chi connectivity index (χ0) is 19.1. The monoisotopic (exact) mass is 498 g/mol. The number of nitrogens with one attached hydrogen (secondary N) is 2. The van der Waals surface area contributed by atoms with Gasteiger partial charge < -0.3 is 20.3 Å². The Balaban J connectivity index is 0.00000280. The van der Waals surface area contributed by atoms with Crippen LogP contribution in [0.4, 0.5) is 0 Å². The molecule has 0 atom stereocenters. The lowest BCUT2D eigenvalue weighted by Crippen LogP contribution is -2.39. The molecule has 0 saturated carbocycles. The third-order valence-corrected chi connectivity index (χ3v) is 5.02. The van der Waals surface area contributed by atoms with Crippen LogP contribution in [0.3, 0.4) is 0 Å². The van der Waals surface area contributed by atoms with E-state index in [1.165, 1.54) is 24.0 Å². The SMILES string of the molecule is CCNC(=NCc1c(O)ccc2c1CCCC2)NCCn1cnnc1CC.I. The molecular formula is C20H31IN6O. The van der Waals surface area contributed by atoms with E-state index in [2.05, 4.69) is 38.4 Å². The number of phenols is 1. The number of aromatic hydroxyl groups is 1. The summed E-state index contributed by atoms with van der Waals surface area (Å²) in [5.41, 5.74) is 3.62. The highest BCUT2D eigenvalue weighted by Crippen LogP contribution is 2.30. The maximum absolute atomic E-state index is 10.3. The van der Waals surface area contributed by atoms with E-state index >= 15 is 0 Å². The second-order valence-corrected chi connectivity index (χ2v) is 6.82. The van der Waals surface area contributed by atoms with Crippen molar-refractivity contribution in [2.24, 2.45) is 4.99 Å². The highest BCUT2D eigenvalue weighted by Gasteiger charge is 2.16. The van der Waals surface area contributed by atoms with Crippen LogP contribution in [0.2, 0.25) is 0 Å². The lowest BCUT2D eigenvalue weighted by atomic mass is 9.88. The molecule has 0 spiro atoms. The van der Waals surface area contributed by atoms with Gasteiger partial charge in [0.15, 0.2) is 5.96 Å². The Bertz CT molecular complexity index is 789. The number of aryl methyl sites for hydroxylation is 2. The van der Waals surface area contributed by atoms with Crippen LogP contribution in [-0.2, 0) is 32.4 Å². The van der Waals surface area contributed by atoms with E-state index in [0.29, 0.717) is 12.3 Å². The lowest BCUT2D eigenvalue weighted by molar-refractivity contribution is 0.465. The third kappa shape index (κ3) is 5.59. The molecule has 1 aromatic heterocycles. The largest absolute Gasteiger partial charge is 0.508 e. The molecule has 0 bridgehead atoms. The Hall–Kier alpha value is -1.84. The molecule has 8 heteroatoms. The second-order valence-electron chi connectivity index (χ2n) is 6.82. The van der Waals surface area contributed by atoms with Gasteiger partial charge in [0.25, 0.3) is 0 Å². The molecular weight excluding hydrogens is 467 g/mol. The number of nitrogens with zero attached hydrogens (tertiary/aromatic N) is 4. The van der Waals surface area contributed by atoms with Crippen LogP contribution in [0, 0.1) is 0 Å². The van der Waals surface area contributed by atoms with Crippen molar-refractivity contribution in [1.29, 1.82) is 0 Å². The fraction of sp³-hybridized carbons (Fsp3) is 0.550. The molecule has 0 fully saturated rings. The summed E-state index contributed by atoms with van der Waals surface area (Å²) in [6.07, 6.45) is 7.18. The van der Waals surface area contributed by atoms with Crippen molar-refractivity contribution in [3.05, 3.63) is 41.0 Å². The van der Waals surface area contributed by atoms with Gasteiger partial charge >= 0.3 is 0 Å². The minimum Gasteiger partial charge on any atom is -0.508 e. The molecule has 2 aromatic rings. The molecule has 0 aliphatic heterocycles. The molecule has 1 aliphatic rings. The summed E-state index contributed by atoms with van der Waals surface area (Å²) in [7, 11) is 0. The number of halogens is 1. The second kappa shape index (κ2) is 11.2. The van der Waals surface area contributed by atoms with Gasteiger partial charge in [-0.15, -0.1) is 34.2 Å². The van der Waals surface area contributed by atoms with E-state index in [1.54, 1.807) is 6.33 Å². The summed E-state index contributed by atoms with van der Waals surface area (Å²) >= 11 is 0. The van der Waals surface area contributed by atoms with Crippen LogP contribution in [0.5, 0.6) is 5.75 Å². The van der Waals surface area contributed by atoms with E-state index in [0.717, 1.165) is 56.2 Å². The highest BCUT2D eigenvalue weighted by molar-refractivity contribution is 14.0. The van der Waals surface area contributed by atoms with E-state index < -0.39 is 0 Å².